The van der Waals surface area contributed by atoms with Crippen molar-refractivity contribution in [3.8, 4) is 0 Å². The zero-order valence-electron chi connectivity index (χ0n) is 14.9. The average molecular weight is 381 g/mol. The van der Waals surface area contributed by atoms with Crippen LogP contribution >= 0.6 is 23.1 Å². The molecule has 1 aromatic carbocycles. The molecule has 0 aliphatic carbocycles. The topological polar surface area (TPSA) is 49.3 Å². The standard InChI is InChI=1S/C18H25FN4S2/c1-13-14(2)25-17(23-13)9-11-22-18(20-3)21-10-4-12-24-16-7-5-15(19)6-8-16/h5-8H,4,9-12H2,1-3H3,(H2,20,21,22). The van der Waals surface area contributed by atoms with Crippen LogP contribution in [0.2, 0.25) is 0 Å². The summed E-state index contributed by atoms with van der Waals surface area (Å²) in [7, 11) is 1.78. The molecule has 25 heavy (non-hydrogen) atoms. The van der Waals surface area contributed by atoms with Crippen LogP contribution in [0.1, 0.15) is 22.0 Å². The molecule has 0 radical (unpaired) electrons. The number of thioether (sulfide) groups is 1. The van der Waals surface area contributed by atoms with E-state index in [-0.39, 0.29) is 5.82 Å². The van der Waals surface area contributed by atoms with E-state index >= 15 is 0 Å². The minimum atomic E-state index is -0.191. The highest BCUT2D eigenvalue weighted by atomic mass is 32.2. The van der Waals surface area contributed by atoms with E-state index in [4.69, 9.17) is 0 Å². The molecule has 0 bridgehead atoms. The molecule has 0 fully saturated rings. The molecule has 2 N–H and O–H groups in total. The van der Waals surface area contributed by atoms with Crippen molar-refractivity contribution in [2.45, 2.75) is 31.6 Å². The number of nitrogens with zero attached hydrogens (tertiary/aromatic N) is 2. The van der Waals surface area contributed by atoms with E-state index in [0.717, 1.165) is 53.2 Å². The molecule has 2 aromatic rings. The van der Waals surface area contributed by atoms with E-state index in [9.17, 15) is 4.39 Å². The minimum Gasteiger partial charge on any atom is -0.356 e. The molecule has 0 spiro atoms. The minimum absolute atomic E-state index is 0.191. The van der Waals surface area contributed by atoms with E-state index in [2.05, 4.69) is 27.5 Å². The number of thiazole rings is 1. The summed E-state index contributed by atoms with van der Waals surface area (Å²) in [6.45, 7) is 5.82. The maximum absolute atomic E-state index is 12.8. The Morgan fingerprint density at radius 2 is 1.92 bits per heavy atom. The van der Waals surface area contributed by atoms with Crippen molar-refractivity contribution < 1.29 is 4.39 Å². The van der Waals surface area contributed by atoms with Crippen LogP contribution in [0, 0.1) is 19.7 Å². The molecule has 0 amide bonds. The summed E-state index contributed by atoms with van der Waals surface area (Å²) in [5, 5.41) is 7.80. The molecule has 1 heterocycles. The second-order valence-corrected chi connectivity index (χ2v) is 8.04. The molecule has 0 atom stereocenters. The second kappa shape index (κ2) is 10.4. The van der Waals surface area contributed by atoms with Crippen LogP contribution in [0.3, 0.4) is 0 Å². The largest absolute Gasteiger partial charge is 0.356 e. The SMILES string of the molecule is CN=C(NCCCSc1ccc(F)cc1)NCCc1nc(C)c(C)s1. The van der Waals surface area contributed by atoms with Gasteiger partial charge in [0.15, 0.2) is 5.96 Å². The summed E-state index contributed by atoms with van der Waals surface area (Å²) in [5.41, 5.74) is 1.13. The number of nitrogens with one attached hydrogen (secondary N) is 2. The van der Waals surface area contributed by atoms with Gasteiger partial charge in [-0.15, -0.1) is 23.1 Å². The fourth-order valence-electron chi connectivity index (χ4n) is 2.15. The maximum Gasteiger partial charge on any atom is 0.190 e. The van der Waals surface area contributed by atoms with Crippen molar-refractivity contribution in [3.05, 3.63) is 45.7 Å². The van der Waals surface area contributed by atoms with Crippen molar-refractivity contribution in [3.63, 3.8) is 0 Å². The molecular formula is C18H25FN4S2. The number of hydrogen-bond donors (Lipinski definition) is 2. The molecule has 0 unspecified atom stereocenters. The van der Waals surface area contributed by atoms with Gasteiger partial charge in [0.2, 0.25) is 0 Å². The molecule has 2 rings (SSSR count). The maximum atomic E-state index is 12.8. The molecule has 0 saturated carbocycles. The molecule has 4 nitrogen and oxygen atoms in total. The van der Waals surface area contributed by atoms with Crippen LogP contribution < -0.4 is 10.6 Å². The van der Waals surface area contributed by atoms with Crippen molar-refractivity contribution in [1.82, 2.24) is 15.6 Å². The lowest BCUT2D eigenvalue weighted by molar-refractivity contribution is 0.626. The Balaban J connectivity index is 1.59. The van der Waals surface area contributed by atoms with Gasteiger partial charge in [-0.05, 0) is 50.3 Å². The summed E-state index contributed by atoms with van der Waals surface area (Å²) in [4.78, 5) is 11.2. The molecular weight excluding hydrogens is 355 g/mol. The van der Waals surface area contributed by atoms with Gasteiger partial charge in [0.1, 0.15) is 5.82 Å². The van der Waals surface area contributed by atoms with E-state index < -0.39 is 0 Å². The highest BCUT2D eigenvalue weighted by Crippen LogP contribution is 2.18. The molecule has 0 saturated heterocycles. The van der Waals surface area contributed by atoms with Gasteiger partial charge < -0.3 is 10.6 Å². The summed E-state index contributed by atoms with van der Waals surface area (Å²) in [6.07, 6.45) is 1.91. The number of aliphatic imine (C=N–C) groups is 1. The zero-order chi connectivity index (χ0) is 18.1. The third kappa shape index (κ3) is 7.04. The van der Waals surface area contributed by atoms with Gasteiger partial charge in [-0.1, -0.05) is 0 Å². The van der Waals surface area contributed by atoms with E-state index in [0.29, 0.717) is 0 Å². The Labute approximate surface area is 157 Å². The third-order valence-electron chi connectivity index (χ3n) is 3.62. The first-order chi connectivity index (χ1) is 12.1. The Morgan fingerprint density at radius 3 is 2.56 bits per heavy atom. The lowest BCUT2D eigenvalue weighted by atomic mass is 10.4. The fourth-order valence-corrected chi connectivity index (χ4v) is 3.94. The molecule has 0 aliphatic rings. The summed E-state index contributed by atoms with van der Waals surface area (Å²) >= 11 is 3.49. The Kier molecular flexibility index (Phi) is 8.21. The summed E-state index contributed by atoms with van der Waals surface area (Å²) in [5.74, 6) is 1.61. The number of hydrogen-bond acceptors (Lipinski definition) is 4. The van der Waals surface area contributed by atoms with Gasteiger partial charge in [0.25, 0.3) is 0 Å². The summed E-state index contributed by atoms with van der Waals surface area (Å²) < 4.78 is 12.8. The third-order valence-corrected chi connectivity index (χ3v) is 5.85. The smallest absolute Gasteiger partial charge is 0.190 e. The predicted molar refractivity (Wildman–Crippen MR) is 106 cm³/mol. The molecule has 136 valence electrons. The number of aryl methyl sites for hydroxylation is 2. The van der Waals surface area contributed by atoms with E-state index in [1.165, 1.54) is 17.0 Å². The normalized spacial score (nSPS) is 11.6. The van der Waals surface area contributed by atoms with Gasteiger partial charge in [0.05, 0.1) is 10.7 Å². The quantitative estimate of drug-likeness (QED) is 0.317. The van der Waals surface area contributed by atoms with Crippen LogP contribution in [0.5, 0.6) is 0 Å². The van der Waals surface area contributed by atoms with Gasteiger partial charge >= 0.3 is 0 Å². The number of aromatic nitrogens is 1. The van der Waals surface area contributed by atoms with Gasteiger partial charge in [0, 0.05) is 36.3 Å². The van der Waals surface area contributed by atoms with Crippen LogP contribution in [0.15, 0.2) is 34.2 Å². The average Bonchev–Trinajstić information content (AvgIpc) is 2.92. The van der Waals surface area contributed by atoms with E-state index in [1.807, 2.05) is 19.1 Å². The Hall–Kier alpha value is -1.60. The second-order valence-electron chi connectivity index (χ2n) is 5.58. The first-order valence-electron chi connectivity index (χ1n) is 8.34. The number of halogens is 1. The Morgan fingerprint density at radius 1 is 1.20 bits per heavy atom. The van der Waals surface area contributed by atoms with Crippen molar-refractivity contribution >= 4 is 29.1 Å². The Bertz CT molecular complexity index is 663. The molecule has 1 aromatic heterocycles. The van der Waals surface area contributed by atoms with Crippen LogP contribution in [-0.2, 0) is 6.42 Å². The first kappa shape index (κ1) is 19.7. The fraction of sp³-hybridized carbons (Fsp3) is 0.444. The van der Waals surface area contributed by atoms with Crippen LogP contribution in [0.25, 0.3) is 0 Å². The highest BCUT2D eigenvalue weighted by Gasteiger charge is 2.04. The van der Waals surface area contributed by atoms with Crippen LogP contribution in [-0.4, -0.2) is 36.8 Å². The molecule has 0 aliphatic heterocycles. The zero-order valence-corrected chi connectivity index (χ0v) is 16.6. The van der Waals surface area contributed by atoms with E-state index in [1.54, 1.807) is 30.1 Å². The monoisotopic (exact) mass is 380 g/mol. The van der Waals surface area contributed by atoms with Crippen LogP contribution in [0.4, 0.5) is 4.39 Å². The number of benzene rings is 1. The van der Waals surface area contributed by atoms with Crippen molar-refractivity contribution in [2.75, 3.05) is 25.9 Å². The van der Waals surface area contributed by atoms with Gasteiger partial charge in [-0.25, -0.2) is 9.37 Å². The van der Waals surface area contributed by atoms with Gasteiger partial charge in [-0.3, -0.25) is 4.99 Å². The highest BCUT2D eigenvalue weighted by molar-refractivity contribution is 7.99. The lowest BCUT2D eigenvalue weighted by Crippen LogP contribution is -2.38. The first-order valence-corrected chi connectivity index (χ1v) is 10.1. The van der Waals surface area contributed by atoms with Crippen molar-refractivity contribution in [2.24, 2.45) is 4.99 Å². The number of guanidine groups is 1. The van der Waals surface area contributed by atoms with Crippen molar-refractivity contribution in [1.29, 1.82) is 0 Å². The predicted octanol–water partition coefficient (Wildman–Crippen LogP) is 3.79. The number of rotatable bonds is 8. The lowest BCUT2D eigenvalue weighted by Gasteiger charge is -2.11. The summed E-state index contributed by atoms with van der Waals surface area (Å²) in [6, 6.07) is 6.63. The van der Waals surface area contributed by atoms with Gasteiger partial charge in [-0.2, -0.15) is 0 Å². The molecule has 7 heteroatoms.